The van der Waals surface area contributed by atoms with Gasteiger partial charge in [0.15, 0.2) is 0 Å². The molecule has 1 saturated carbocycles. The van der Waals surface area contributed by atoms with Crippen LogP contribution in [0.2, 0.25) is 0 Å². The number of carbonyl (C=O) groups excluding carboxylic acids is 1. The number of hydrogen-bond acceptors (Lipinski definition) is 2. The van der Waals surface area contributed by atoms with Gasteiger partial charge in [0.25, 0.3) is 0 Å². The van der Waals surface area contributed by atoms with Gasteiger partial charge in [-0.15, -0.1) is 0 Å². The van der Waals surface area contributed by atoms with Crippen molar-refractivity contribution in [1.29, 1.82) is 0 Å². The van der Waals surface area contributed by atoms with Crippen molar-refractivity contribution >= 4 is 6.03 Å². The summed E-state index contributed by atoms with van der Waals surface area (Å²) in [6.07, 6.45) is 0.988. The number of carbonyl (C=O) groups is 1. The van der Waals surface area contributed by atoms with Gasteiger partial charge in [-0.2, -0.15) is 18.3 Å². The molecule has 5 nitrogen and oxygen atoms in total. The zero-order valence-electron chi connectivity index (χ0n) is 16.1. The summed E-state index contributed by atoms with van der Waals surface area (Å²) in [7, 11) is 0. The minimum atomic E-state index is -4.36. The molecular weight excluding hydrogens is 393 g/mol. The van der Waals surface area contributed by atoms with Gasteiger partial charge >= 0.3 is 12.2 Å². The van der Waals surface area contributed by atoms with Crippen LogP contribution in [-0.4, -0.2) is 26.8 Å². The van der Waals surface area contributed by atoms with Crippen LogP contribution >= 0.6 is 0 Å². The molecule has 3 aromatic rings. The molecule has 1 heterocycles. The maximum Gasteiger partial charge on any atom is 0.416 e. The van der Waals surface area contributed by atoms with Crippen LogP contribution in [0.5, 0.6) is 0 Å². The summed E-state index contributed by atoms with van der Waals surface area (Å²) in [5.74, 6) is 0. The molecule has 30 heavy (non-hydrogen) atoms. The predicted octanol–water partition coefficient (Wildman–Crippen LogP) is 4.77. The molecule has 0 unspecified atom stereocenters. The fourth-order valence-electron chi connectivity index (χ4n) is 3.26. The third-order valence-corrected chi connectivity index (χ3v) is 5.01. The third-order valence-electron chi connectivity index (χ3n) is 5.01. The van der Waals surface area contributed by atoms with Gasteiger partial charge in [-0.3, -0.25) is 0 Å². The van der Waals surface area contributed by atoms with Crippen LogP contribution in [0.15, 0.2) is 67.0 Å². The fraction of sp³-hybridized carbons (Fsp3) is 0.273. The van der Waals surface area contributed by atoms with Crippen LogP contribution in [0, 0.1) is 0 Å². The van der Waals surface area contributed by atoms with Gasteiger partial charge in [-0.25, -0.2) is 9.48 Å². The number of nitrogens with zero attached hydrogens (tertiary/aromatic N) is 3. The molecule has 2 aromatic carbocycles. The Labute approximate surface area is 172 Å². The molecule has 2 amide bonds. The summed E-state index contributed by atoms with van der Waals surface area (Å²) in [6, 6.07) is 14.4. The molecule has 1 aliphatic rings. The molecule has 0 radical (unpaired) electrons. The second-order valence-corrected chi connectivity index (χ2v) is 7.33. The zero-order valence-corrected chi connectivity index (χ0v) is 16.1. The quantitative estimate of drug-likeness (QED) is 0.632. The van der Waals surface area contributed by atoms with Gasteiger partial charge in [0.1, 0.15) is 0 Å². The van der Waals surface area contributed by atoms with E-state index >= 15 is 0 Å². The lowest BCUT2D eigenvalue weighted by Gasteiger charge is -2.23. The summed E-state index contributed by atoms with van der Waals surface area (Å²) in [5.41, 5.74) is 1.81. The SMILES string of the molecule is O=C(NCc1cccc(-n2cccn2)c1)N(Cc1ccc(C(F)(F)F)cc1)C1CC1. The average molecular weight is 414 g/mol. The van der Waals surface area contributed by atoms with E-state index in [4.69, 9.17) is 0 Å². The van der Waals surface area contributed by atoms with E-state index in [1.54, 1.807) is 15.8 Å². The van der Waals surface area contributed by atoms with Gasteiger partial charge in [0.05, 0.1) is 11.3 Å². The molecule has 0 atom stereocenters. The highest BCUT2D eigenvalue weighted by molar-refractivity contribution is 5.75. The van der Waals surface area contributed by atoms with E-state index in [9.17, 15) is 18.0 Å². The number of nitrogens with one attached hydrogen (secondary N) is 1. The first-order valence-corrected chi connectivity index (χ1v) is 9.70. The molecule has 1 aliphatic carbocycles. The number of aromatic nitrogens is 2. The first kappa shape index (κ1) is 20.0. The van der Waals surface area contributed by atoms with Crippen molar-refractivity contribution in [1.82, 2.24) is 20.0 Å². The van der Waals surface area contributed by atoms with E-state index in [0.717, 1.165) is 36.2 Å². The van der Waals surface area contributed by atoms with Gasteiger partial charge < -0.3 is 10.2 Å². The molecule has 0 spiro atoms. The molecular formula is C22H21F3N4O. The van der Waals surface area contributed by atoms with Crippen molar-refractivity contribution in [3.05, 3.63) is 83.7 Å². The molecule has 156 valence electrons. The van der Waals surface area contributed by atoms with E-state index in [2.05, 4.69) is 10.4 Å². The highest BCUT2D eigenvalue weighted by Gasteiger charge is 2.33. The Balaban J connectivity index is 1.39. The van der Waals surface area contributed by atoms with E-state index in [0.29, 0.717) is 12.1 Å². The lowest BCUT2D eigenvalue weighted by molar-refractivity contribution is -0.137. The Morgan fingerprint density at radius 2 is 1.87 bits per heavy atom. The number of urea groups is 1. The lowest BCUT2D eigenvalue weighted by atomic mass is 10.1. The van der Waals surface area contributed by atoms with E-state index in [-0.39, 0.29) is 18.6 Å². The highest BCUT2D eigenvalue weighted by atomic mass is 19.4. The molecule has 4 rings (SSSR count). The largest absolute Gasteiger partial charge is 0.416 e. The zero-order chi connectivity index (χ0) is 21.1. The monoisotopic (exact) mass is 414 g/mol. The first-order chi connectivity index (χ1) is 14.4. The first-order valence-electron chi connectivity index (χ1n) is 9.70. The van der Waals surface area contributed by atoms with Crippen molar-refractivity contribution in [2.75, 3.05) is 0 Å². The Morgan fingerprint density at radius 3 is 2.50 bits per heavy atom. The Morgan fingerprint density at radius 1 is 1.10 bits per heavy atom. The minimum absolute atomic E-state index is 0.128. The smallest absolute Gasteiger partial charge is 0.334 e. The Bertz CT molecular complexity index is 996. The van der Waals surface area contributed by atoms with Gasteiger partial charge in [0.2, 0.25) is 0 Å². The highest BCUT2D eigenvalue weighted by Crippen LogP contribution is 2.31. The second kappa shape index (κ2) is 8.22. The summed E-state index contributed by atoms with van der Waals surface area (Å²) in [6.45, 7) is 0.631. The number of alkyl halides is 3. The third kappa shape index (κ3) is 4.82. The minimum Gasteiger partial charge on any atom is -0.334 e. The lowest BCUT2D eigenvalue weighted by Crippen LogP contribution is -2.40. The normalized spacial score (nSPS) is 13.8. The summed E-state index contributed by atoms with van der Waals surface area (Å²) in [4.78, 5) is 14.5. The average Bonchev–Trinajstić information content (AvgIpc) is 3.42. The van der Waals surface area contributed by atoms with Gasteiger partial charge in [0, 0.05) is 31.5 Å². The van der Waals surface area contributed by atoms with Crippen LogP contribution in [0.25, 0.3) is 5.69 Å². The van der Waals surface area contributed by atoms with Crippen molar-refractivity contribution in [3.63, 3.8) is 0 Å². The number of hydrogen-bond donors (Lipinski definition) is 1. The summed E-state index contributed by atoms with van der Waals surface area (Å²) >= 11 is 0. The van der Waals surface area contributed by atoms with E-state index in [1.165, 1.54) is 12.1 Å². The van der Waals surface area contributed by atoms with Crippen molar-refractivity contribution < 1.29 is 18.0 Å². The molecule has 1 fully saturated rings. The number of benzene rings is 2. The van der Waals surface area contributed by atoms with Crippen molar-refractivity contribution in [3.8, 4) is 5.69 Å². The molecule has 0 bridgehead atoms. The summed E-state index contributed by atoms with van der Waals surface area (Å²) in [5, 5.41) is 7.13. The molecule has 0 aliphatic heterocycles. The number of halogens is 3. The standard InChI is InChI=1S/C22H21F3N4O/c23-22(24,25)18-7-5-16(6-8-18)15-28(19-9-10-19)21(30)26-14-17-3-1-4-20(13-17)29-12-2-11-27-29/h1-8,11-13,19H,9-10,14-15H2,(H,26,30). The van der Waals surface area contributed by atoms with E-state index < -0.39 is 11.7 Å². The number of amides is 2. The maximum atomic E-state index is 12.8. The molecule has 1 aromatic heterocycles. The number of rotatable bonds is 6. The van der Waals surface area contributed by atoms with Gasteiger partial charge in [-0.05, 0) is 54.3 Å². The van der Waals surface area contributed by atoms with Crippen LogP contribution in [0.4, 0.5) is 18.0 Å². The van der Waals surface area contributed by atoms with Crippen LogP contribution < -0.4 is 5.32 Å². The summed E-state index contributed by atoms with van der Waals surface area (Å²) < 4.78 is 40.0. The van der Waals surface area contributed by atoms with Crippen LogP contribution in [0.3, 0.4) is 0 Å². The second-order valence-electron chi connectivity index (χ2n) is 7.33. The molecule has 0 saturated heterocycles. The fourth-order valence-corrected chi connectivity index (χ4v) is 3.26. The maximum absolute atomic E-state index is 12.8. The molecule has 1 N–H and O–H groups in total. The van der Waals surface area contributed by atoms with Crippen LogP contribution in [-0.2, 0) is 19.3 Å². The van der Waals surface area contributed by atoms with Crippen LogP contribution in [0.1, 0.15) is 29.5 Å². The Hall–Kier alpha value is -3.29. The predicted molar refractivity (Wildman–Crippen MR) is 106 cm³/mol. The van der Waals surface area contributed by atoms with Crippen molar-refractivity contribution in [2.45, 2.75) is 38.1 Å². The van der Waals surface area contributed by atoms with E-state index in [1.807, 2.05) is 36.5 Å². The Kier molecular flexibility index (Phi) is 5.48. The van der Waals surface area contributed by atoms with Gasteiger partial charge in [-0.1, -0.05) is 24.3 Å². The topological polar surface area (TPSA) is 50.2 Å². The van der Waals surface area contributed by atoms with Crippen molar-refractivity contribution in [2.24, 2.45) is 0 Å². The molecule has 8 heteroatoms.